The van der Waals surface area contributed by atoms with E-state index in [1.165, 1.54) is 24.9 Å². The molecule has 2 aromatic carbocycles. The standard InChI is InChI=1S/C31H30F9N9/c1-17-10-23-25(49(28(41)45-42-2)16-19-11-21(29(32,33)34)13-22(12-19)30(35,36)37)4-3-9-48(26(23)14-24(17)31(38,39)40)15-18-5-7-20(8-6-18)27-43-46-47-44-27/h5,7-8,10-14,18,25,41H,3-4,6,9,15-16H2,1-2H3,(H,43,44,46,47)/t18?,25-/m0/s1. The average Bonchev–Trinajstić information content (AvgIpc) is 3.50. The van der Waals surface area contributed by atoms with Crippen LogP contribution < -0.4 is 4.90 Å². The van der Waals surface area contributed by atoms with Gasteiger partial charge in [0.25, 0.3) is 0 Å². The van der Waals surface area contributed by atoms with Crippen molar-refractivity contribution < 1.29 is 39.5 Å². The quantitative estimate of drug-likeness (QED) is 0.116. The minimum absolute atomic E-state index is 0.00578. The van der Waals surface area contributed by atoms with Gasteiger partial charge in [-0.25, -0.2) is 0 Å². The van der Waals surface area contributed by atoms with Crippen molar-refractivity contribution in [1.29, 1.82) is 5.41 Å². The number of aryl methyl sites for hydroxylation is 1. The highest BCUT2D eigenvalue weighted by Gasteiger charge is 2.39. The Kier molecular flexibility index (Phi) is 9.88. The fraction of sp³-hybridized carbons (Fsp3) is 0.419. The van der Waals surface area contributed by atoms with Crippen molar-refractivity contribution in [3.8, 4) is 0 Å². The van der Waals surface area contributed by atoms with Gasteiger partial charge in [-0.2, -0.15) is 49.8 Å². The second kappa shape index (κ2) is 13.6. The molecule has 3 aromatic rings. The van der Waals surface area contributed by atoms with Crippen molar-refractivity contribution in [3.63, 3.8) is 0 Å². The summed E-state index contributed by atoms with van der Waals surface area (Å²) in [5, 5.41) is 29.7. The monoisotopic (exact) mass is 699 g/mol. The van der Waals surface area contributed by atoms with Crippen molar-refractivity contribution in [2.75, 3.05) is 25.0 Å². The first-order chi connectivity index (χ1) is 23.0. The van der Waals surface area contributed by atoms with Crippen LogP contribution in [0.4, 0.5) is 45.2 Å². The second-order valence-corrected chi connectivity index (χ2v) is 11.7. The van der Waals surface area contributed by atoms with E-state index in [0.717, 1.165) is 11.6 Å². The first kappa shape index (κ1) is 35.5. The van der Waals surface area contributed by atoms with E-state index in [0.29, 0.717) is 42.9 Å². The lowest BCUT2D eigenvalue weighted by Crippen LogP contribution is -2.34. The molecular formula is C31H30F9N9. The molecule has 2 heterocycles. The number of allylic oxidation sites excluding steroid dienone is 3. The van der Waals surface area contributed by atoms with Crippen molar-refractivity contribution >= 4 is 17.2 Å². The number of aromatic nitrogens is 4. The zero-order chi connectivity index (χ0) is 35.7. The molecule has 2 N–H and O–H groups in total. The van der Waals surface area contributed by atoms with Gasteiger partial charge in [-0.05, 0) is 78.3 Å². The fourth-order valence-corrected chi connectivity index (χ4v) is 6.16. The molecule has 0 radical (unpaired) electrons. The minimum Gasteiger partial charge on any atom is -0.371 e. The van der Waals surface area contributed by atoms with Crippen LogP contribution in [-0.2, 0) is 25.1 Å². The van der Waals surface area contributed by atoms with Crippen LogP contribution in [0.3, 0.4) is 0 Å². The Bertz CT molecular complexity index is 1720. The van der Waals surface area contributed by atoms with E-state index in [1.807, 2.05) is 12.2 Å². The number of azo groups is 1. The van der Waals surface area contributed by atoms with Gasteiger partial charge >= 0.3 is 18.5 Å². The van der Waals surface area contributed by atoms with E-state index in [9.17, 15) is 39.5 Å². The van der Waals surface area contributed by atoms with Gasteiger partial charge in [-0.1, -0.05) is 24.3 Å². The minimum atomic E-state index is -5.10. The number of aromatic amines is 1. The Morgan fingerprint density at radius 2 is 1.69 bits per heavy atom. The number of alkyl halides is 9. The number of hydrogen-bond acceptors (Lipinski definition) is 6. The van der Waals surface area contributed by atoms with Crippen LogP contribution in [-0.4, -0.2) is 51.6 Å². The molecule has 2 atom stereocenters. The van der Waals surface area contributed by atoms with E-state index in [-0.39, 0.29) is 36.2 Å². The molecule has 1 aromatic heterocycles. The molecule has 0 saturated heterocycles. The van der Waals surface area contributed by atoms with Crippen LogP contribution in [0.5, 0.6) is 0 Å². The maximum atomic E-state index is 14.2. The van der Waals surface area contributed by atoms with Gasteiger partial charge < -0.3 is 9.80 Å². The number of guanidine groups is 1. The molecule has 262 valence electrons. The maximum Gasteiger partial charge on any atom is 0.416 e. The molecule has 18 heteroatoms. The van der Waals surface area contributed by atoms with Crippen molar-refractivity contribution in [3.05, 3.63) is 87.8 Å². The molecule has 0 bridgehead atoms. The molecule has 0 amide bonds. The SMILES string of the molecule is CN=NC(=N)N(Cc1cc(C(F)(F)F)cc(C(F)(F)F)c1)[C@H]1CCCN(CC2C=CC(c3nn[nH]n3)=CC2)c2cc(C(F)(F)F)c(C)cc21. The first-order valence-electron chi connectivity index (χ1n) is 15.0. The lowest BCUT2D eigenvalue weighted by molar-refractivity contribution is -0.143. The normalized spacial score (nSPS) is 18.8. The highest BCUT2D eigenvalue weighted by Crippen LogP contribution is 2.44. The third-order valence-corrected chi connectivity index (χ3v) is 8.37. The highest BCUT2D eigenvalue weighted by molar-refractivity contribution is 5.78. The third-order valence-electron chi connectivity index (χ3n) is 8.37. The molecule has 1 unspecified atom stereocenters. The molecule has 0 fully saturated rings. The van der Waals surface area contributed by atoms with Gasteiger partial charge in [-0.3, -0.25) is 5.41 Å². The molecule has 2 aliphatic rings. The average molecular weight is 700 g/mol. The van der Waals surface area contributed by atoms with Gasteiger partial charge in [0, 0.05) is 37.9 Å². The zero-order valence-corrected chi connectivity index (χ0v) is 26.0. The Labute approximate surface area is 274 Å². The number of nitrogens with zero attached hydrogens (tertiary/aromatic N) is 7. The predicted molar refractivity (Wildman–Crippen MR) is 160 cm³/mol. The number of benzene rings is 2. The fourth-order valence-electron chi connectivity index (χ4n) is 6.16. The number of nitrogens with one attached hydrogen (secondary N) is 2. The number of tetrazole rings is 1. The summed E-state index contributed by atoms with van der Waals surface area (Å²) in [6.07, 6.45) is -8.28. The molecule has 1 aliphatic carbocycles. The molecule has 5 rings (SSSR count). The number of hydrogen-bond donors (Lipinski definition) is 2. The van der Waals surface area contributed by atoms with Crippen LogP contribution >= 0.6 is 0 Å². The van der Waals surface area contributed by atoms with Crippen LogP contribution in [0.25, 0.3) is 5.57 Å². The van der Waals surface area contributed by atoms with Crippen LogP contribution in [0.2, 0.25) is 0 Å². The summed E-state index contributed by atoms with van der Waals surface area (Å²) in [5.74, 6) is -0.326. The van der Waals surface area contributed by atoms with Gasteiger partial charge in [-0.15, -0.1) is 15.3 Å². The predicted octanol–water partition coefficient (Wildman–Crippen LogP) is 8.38. The Hall–Kier alpha value is -4.77. The highest BCUT2D eigenvalue weighted by atomic mass is 19.4. The van der Waals surface area contributed by atoms with E-state index in [2.05, 4.69) is 30.9 Å². The van der Waals surface area contributed by atoms with E-state index in [1.54, 1.807) is 11.0 Å². The summed E-state index contributed by atoms with van der Waals surface area (Å²) in [6.45, 7) is 1.21. The Morgan fingerprint density at radius 3 is 2.24 bits per heavy atom. The number of anilines is 1. The summed E-state index contributed by atoms with van der Waals surface area (Å²) in [7, 11) is 1.23. The van der Waals surface area contributed by atoms with E-state index in [4.69, 9.17) is 5.41 Å². The second-order valence-electron chi connectivity index (χ2n) is 11.7. The molecule has 0 saturated carbocycles. The molecule has 9 nitrogen and oxygen atoms in total. The number of rotatable bonds is 6. The van der Waals surface area contributed by atoms with Gasteiger partial charge in [0.05, 0.1) is 22.7 Å². The Morgan fingerprint density at radius 1 is 1.00 bits per heavy atom. The topological polar surface area (TPSA) is 110 Å². The third kappa shape index (κ3) is 8.10. The van der Waals surface area contributed by atoms with Crippen molar-refractivity contribution in [2.24, 2.45) is 16.1 Å². The number of halogens is 9. The summed E-state index contributed by atoms with van der Waals surface area (Å²) < 4.78 is 125. The smallest absolute Gasteiger partial charge is 0.371 e. The number of fused-ring (bicyclic) bond motifs is 1. The van der Waals surface area contributed by atoms with Crippen LogP contribution in [0.15, 0.2) is 58.8 Å². The zero-order valence-electron chi connectivity index (χ0n) is 26.0. The maximum absolute atomic E-state index is 14.2. The number of H-pyrrole nitrogens is 1. The van der Waals surface area contributed by atoms with Crippen LogP contribution in [0.1, 0.15) is 64.5 Å². The molecular weight excluding hydrogens is 669 g/mol. The lowest BCUT2D eigenvalue weighted by Gasteiger charge is -2.34. The Balaban J connectivity index is 1.57. The van der Waals surface area contributed by atoms with E-state index >= 15 is 0 Å². The molecule has 49 heavy (non-hydrogen) atoms. The van der Waals surface area contributed by atoms with Gasteiger partial charge in [0.15, 0.2) is 0 Å². The summed E-state index contributed by atoms with van der Waals surface area (Å²) in [5.41, 5.74) is -3.27. The molecule has 0 spiro atoms. The van der Waals surface area contributed by atoms with Gasteiger partial charge in [0.2, 0.25) is 11.8 Å². The van der Waals surface area contributed by atoms with Crippen molar-refractivity contribution in [2.45, 2.75) is 57.3 Å². The van der Waals surface area contributed by atoms with Gasteiger partial charge in [0.1, 0.15) is 0 Å². The summed E-state index contributed by atoms with van der Waals surface area (Å²) in [6, 6.07) is 2.52. The van der Waals surface area contributed by atoms with Crippen molar-refractivity contribution in [1.82, 2.24) is 25.5 Å². The lowest BCUT2D eigenvalue weighted by atomic mass is 9.93. The molecule has 1 aliphatic heterocycles. The largest absolute Gasteiger partial charge is 0.416 e. The first-order valence-corrected chi connectivity index (χ1v) is 15.0. The van der Waals surface area contributed by atoms with Crippen LogP contribution in [0, 0.1) is 18.3 Å². The summed E-state index contributed by atoms with van der Waals surface area (Å²) in [4.78, 5) is 2.97. The summed E-state index contributed by atoms with van der Waals surface area (Å²) >= 11 is 0. The van der Waals surface area contributed by atoms with E-state index < -0.39 is 59.3 Å².